The summed E-state index contributed by atoms with van der Waals surface area (Å²) in [5, 5.41) is 13.7. The van der Waals surface area contributed by atoms with Crippen LogP contribution in [0, 0.1) is 11.3 Å². The van der Waals surface area contributed by atoms with Gasteiger partial charge in [0.25, 0.3) is 11.7 Å². The molecule has 0 atom stereocenters. The topological polar surface area (TPSA) is 109 Å². The van der Waals surface area contributed by atoms with Crippen LogP contribution in [0.4, 0.5) is 5.95 Å². The van der Waals surface area contributed by atoms with E-state index in [2.05, 4.69) is 20.9 Å². The van der Waals surface area contributed by atoms with Gasteiger partial charge in [0.15, 0.2) is 11.5 Å². The predicted molar refractivity (Wildman–Crippen MR) is 122 cm³/mol. The minimum atomic E-state index is -0.0427. The Morgan fingerprint density at radius 1 is 0.971 bits per heavy atom. The number of fused-ring (bicyclic) bond motifs is 2. The first kappa shape index (κ1) is 20.0. The number of benzene rings is 2. The molecule has 0 saturated carbocycles. The second-order valence-corrected chi connectivity index (χ2v) is 7.99. The lowest BCUT2D eigenvalue weighted by molar-refractivity contribution is 0.0746. The average molecular weight is 453 g/mol. The van der Waals surface area contributed by atoms with E-state index >= 15 is 0 Å². The lowest BCUT2D eigenvalue weighted by Gasteiger charge is -2.34. The fourth-order valence-corrected chi connectivity index (χ4v) is 4.17. The number of carbonyl (C=O) groups is 1. The van der Waals surface area contributed by atoms with E-state index in [9.17, 15) is 4.79 Å². The van der Waals surface area contributed by atoms with Gasteiger partial charge < -0.3 is 19.3 Å². The van der Waals surface area contributed by atoms with E-state index in [1.165, 1.54) is 0 Å². The van der Waals surface area contributed by atoms with Crippen LogP contribution < -0.4 is 14.4 Å². The third-order valence-electron chi connectivity index (χ3n) is 6.01. The van der Waals surface area contributed by atoms with E-state index in [4.69, 9.17) is 19.8 Å². The molecule has 34 heavy (non-hydrogen) atoms. The van der Waals surface area contributed by atoms with E-state index in [-0.39, 0.29) is 12.7 Å². The summed E-state index contributed by atoms with van der Waals surface area (Å²) < 4.78 is 12.6. The number of rotatable bonds is 3. The highest BCUT2D eigenvalue weighted by molar-refractivity contribution is 5.94. The molecule has 4 aromatic rings. The van der Waals surface area contributed by atoms with Crippen molar-refractivity contribution >= 4 is 17.6 Å². The summed E-state index contributed by atoms with van der Waals surface area (Å²) >= 11 is 0. The lowest BCUT2D eigenvalue weighted by Crippen LogP contribution is -2.49. The summed E-state index contributed by atoms with van der Waals surface area (Å²) in [6.45, 7) is 2.54. The number of carbonyl (C=O) groups excluding carboxylic acids is 1. The van der Waals surface area contributed by atoms with Crippen molar-refractivity contribution in [2.45, 2.75) is 0 Å². The van der Waals surface area contributed by atoms with Crippen molar-refractivity contribution in [2.75, 3.05) is 37.9 Å². The van der Waals surface area contributed by atoms with Crippen molar-refractivity contribution in [1.82, 2.24) is 24.5 Å². The molecule has 2 aliphatic heterocycles. The summed E-state index contributed by atoms with van der Waals surface area (Å²) in [5.41, 5.74) is 2.88. The highest BCUT2D eigenvalue weighted by atomic mass is 16.7. The minimum absolute atomic E-state index is 0.0427. The fraction of sp³-hybridized carbons (Fsp3) is 0.208. The van der Waals surface area contributed by atoms with E-state index < -0.39 is 0 Å². The first-order chi connectivity index (χ1) is 16.7. The maximum atomic E-state index is 12.8. The van der Waals surface area contributed by atoms with Crippen molar-refractivity contribution in [3.63, 3.8) is 0 Å². The average Bonchev–Trinajstić information content (AvgIpc) is 3.55. The largest absolute Gasteiger partial charge is 0.454 e. The third-order valence-corrected chi connectivity index (χ3v) is 6.01. The summed E-state index contributed by atoms with van der Waals surface area (Å²) in [6, 6.07) is 16.4. The van der Waals surface area contributed by atoms with Gasteiger partial charge in [-0.1, -0.05) is 0 Å². The monoisotopic (exact) mass is 453 g/mol. The van der Waals surface area contributed by atoms with Gasteiger partial charge in [0.1, 0.15) is 0 Å². The van der Waals surface area contributed by atoms with E-state index in [0.717, 1.165) is 17.0 Å². The fourth-order valence-electron chi connectivity index (χ4n) is 4.17. The van der Waals surface area contributed by atoms with Crippen molar-refractivity contribution < 1.29 is 14.3 Å². The summed E-state index contributed by atoms with van der Waals surface area (Å²) in [7, 11) is 0. The molecule has 2 aromatic carbocycles. The smallest absolute Gasteiger partial charge is 0.254 e. The maximum absolute atomic E-state index is 12.8. The molecule has 10 nitrogen and oxygen atoms in total. The van der Waals surface area contributed by atoms with Crippen LogP contribution in [0.1, 0.15) is 15.9 Å². The second-order valence-electron chi connectivity index (χ2n) is 7.99. The van der Waals surface area contributed by atoms with Crippen LogP contribution in [-0.4, -0.2) is 63.4 Å². The Labute approximate surface area is 194 Å². The van der Waals surface area contributed by atoms with Gasteiger partial charge in [-0.3, -0.25) is 4.79 Å². The molecule has 0 aliphatic carbocycles. The maximum Gasteiger partial charge on any atom is 0.254 e. The molecule has 10 heteroatoms. The number of aromatic nitrogens is 4. The summed E-state index contributed by atoms with van der Waals surface area (Å²) in [6.07, 6.45) is 1.71. The van der Waals surface area contributed by atoms with E-state index in [0.29, 0.717) is 54.8 Å². The van der Waals surface area contributed by atoms with Crippen LogP contribution in [0.2, 0.25) is 0 Å². The normalized spacial score (nSPS) is 14.9. The quantitative estimate of drug-likeness (QED) is 0.465. The first-order valence-corrected chi connectivity index (χ1v) is 10.9. The second kappa shape index (κ2) is 8.04. The third kappa shape index (κ3) is 3.44. The first-order valence-electron chi connectivity index (χ1n) is 10.9. The Balaban J connectivity index is 1.20. The standard InChI is InChI=1S/C24H19N7O3/c25-14-16-1-3-17(4-2-16)22(32)29-9-11-30(12-10-29)24-27-23-26-8-7-19(31(23)28-24)18-5-6-20-21(13-18)34-15-33-20/h1-8,13H,9-12,15H2. The van der Waals surface area contributed by atoms with Crippen LogP contribution in [-0.2, 0) is 0 Å². The van der Waals surface area contributed by atoms with Gasteiger partial charge >= 0.3 is 0 Å². The van der Waals surface area contributed by atoms with Gasteiger partial charge in [-0.15, -0.1) is 5.10 Å². The van der Waals surface area contributed by atoms with E-state index in [1.807, 2.05) is 29.2 Å². The predicted octanol–water partition coefficient (Wildman–Crippen LogP) is 2.35. The molecule has 4 heterocycles. The van der Waals surface area contributed by atoms with Gasteiger partial charge in [-0.05, 0) is 48.5 Å². The Hall–Kier alpha value is -4.65. The van der Waals surface area contributed by atoms with Crippen LogP contribution in [0.5, 0.6) is 11.5 Å². The number of anilines is 1. The molecular formula is C24H19N7O3. The SMILES string of the molecule is N#Cc1ccc(C(=O)N2CCN(c3nc4nccc(-c5ccc6c(c5)OCO6)n4n3)CC2)cc1. The van der Waals surface area contributed by atoms with Gasteiger partial charge in [0.2, 0.25) is 12.7 Å². The van der Waals surface area contributed by atoms with Gasteiger partial charge in [-0.25, -0.2) is 4.98 Å². The highest BCUT2D eigenvalue weighted by Gasteiger charge is 2.25. The molecule has 0 N–H and O–H groups in total. The molecule has 1 amide bonds. The zero-order chi connectivity index (χ0) is 23.1. The Bertz CT molecular complexity index is 1430. The van der Waals surface area contributed by atoms with Crippen LogP contribution in [0.25, 0.3) is 17.0 Å². The number of ether oxygens (including phenoxy) is 2. The lowest BCUT2D eigenvalue weighted by atomic mass is 10.1. The summed E-state index contributed by atoms with van der Waals surface area (Å²) in [5.74, 6) is 2.46. The van der Waals surface area contributed by atoms with Crippen molar-refractivity contribution in [3.8, 4) is 28.8 Å². The number of piperazine rings is 1. The molecule has 2 aliphatic rings. The zero-order valence-electron chi connectivity index (χ0n) is 18.1. The molecular weight excluding hydrogens is 434 g/mol. The van der Waals surface area contributed by atoms with Crippen molar-refractivity contribution in [1.29, 1.82) is 5.26 Å². The molecule has 0 radical (unpaired) electrons. The molecule has 0 unspecified atom stereocenters. The number of hydrogen-bond donors (Lipinski definition) is 0. The highest BCUT2D eigenvalue weighted by Crippen LogP contribution is 2.35. The molecule has 2 aromatic heterocycles. The van der Waals surface area contributed by atoms with E-state index in [1.54, 1.807) is 35.0 Å². The number of nitriles is 1. The van der Waals surface area contributed by atoms with Crippen LogP contribution in [0.15, 0.2) is 54.7 Å². The van der Waals surface area contributed by atoms with Gasteiger partial charge in [-0.2, -0.15) is 14.8 Å². The molecule has 1 saturated heterocycles. The van der Waals surface area contributed by atoms with Crippen LogP contribution in [0.3, 0.4) is 0 Å². The molecule has 6 rings (SSSR count). The number of nitrogens with zero attached hydrogens (tertiary/aromatic N) is 7. The zero-order valence-corrected chi connectivity index (χ0v) is 18.1. The number of hydrogen-bond acceptors (Lipinski definition) is 8. The number of amides is 1. The van der Waals surface area contributed by atoms with Crippen molar-refractivity contribution in [2.24, 2.45) is 0 Å². The molecule has 1 fully saturated rings. The van der Waals surface area contributed by atoms with Crippen LogP contribution >= 0.6 is 0 Å². The Morgan fingerprint density at radius 3 is 2.56 bits per heavy atom. The molecule has 0 bridgehead atoms. The summed E-state index contributed by atoms with van der Waals surface area (Å²) in [4.78, 5) is 25.7. The minimum Gasteiger partial charge on any atom is -0.454 e. The molecule has 168 valence electrons. The van der Waals surface area contributed by atoms with Crippen molar-refractivity contribution in [3.05, 3.63) is 65.9 Å². The van der Waals surface area contributed by atoms with Gasteiger partial charge in [0.05, 0.1) is 17.3 Å². The van der Waals surface area contributed by atoms with Gasteiger partial charge in [0, 0.05) is 43.5 Å². The molecule has 0 spiro atoms. The Morgan fingerprint density at radius 2 is 1.76 bits per heavy atom. The Kier molecular flexibility index (Phi) is 4.73.